The van der Waals surface area contributed by atoms with E-state index < -0.39 is 0 Å². The van der Waals surface area contributed by atoms with E-state index in [9.17, 15) is 4.79 Å². The van der Waals surface area contributed by atoms with Gasteiger partial charge in [-0.3, -0.25) is 9.79 Å². The van der Waals surface area contributed by atoms with Crippen LogP contribution in [0.4, 0.5) is 5.69 Å². The summed E-state index contributed by atoms with van der Waals surface area (Å²) in [6.45, 7) is 12.2. The Balaban J connectivity index is 0.00000676. The topological polar surface area (TPSA) is 68.8 Å². The molecule has 0 unspecified atom stereocenters. The molecule has 0 atom stereocenters. The van der Waals surface area contributed by atoms with Gasteiger partial charge in [-0.25, -0.2) is 0 Å². The number of hydrogen-bond donors (Lipinski definition) is 3. The smallest absolute Gasteiger partial charge is 0.221 e. The van der Waals surface area contributed by atoms with Crippen LogP contribution >= 0.6 is 24.0 Å². The molecular formula is C20H36IN5O. The number of anilines is 1. The maximum absolute atomic E-state index is 11.7. The number of hydrogen-bond acceptors (Lipinski definition) is 3. The quantitative estimate of drug-likeness (QED) is 0.194. The Labute approximate surface area is 181 Å². The van der Waals surface area contributed by atoms with Gasteiger partial charge in [0.05, 0.1) is 0 Å². The standard InChI is InChI=1S/C20H35N5O.HI/c1-5-21-20(23-15-13-19(26)24-17(3)4)22-14-10-16-25(6-2)18-11-8-7-9-12-18;/h7-9,11-12,17H,5-6,10,13-16H2,1-4H3,(H,24,26)(H2,21,22,23);1H. The summed E-state index contributed by atoms with van der Waals surface area (Å²) in [5.41, 5.74) is 1.25. The van der Waals surface area contributed by atoms with Gasteiger partial charge in [-0.2, -0.15) is 0 Å². The molecule has 27 heavy (non-hydrogen) atoms. The fourth-order valence-corrected chi connectivity index (χ4v) is 2.59. The summed E-state index contributed by atoms with van der Waals surface area (Å²) in [5, 5.41) is 9.34. The number of carbonyl (C=O) groups excluding carboxylic acids is 1. The largest absolute Gasteiger partial charge is 0.372 e. The van der Waals surface area contributed by atoms with E-state index in [0.29, 0.717) is 13.0 Å². The maximum Gasteiger partial charge on any atom is 0.221 e. The van der Waals surface area contributed by atoms with Crippen LogP contribution in [-0.4, -0.2) is 50.6 Å². The zero-order valence-corrected chi connectivity index (χ0v) is 19.5. The second-order valence-corrected chi connectivity index (χ2v) is 6.43. The highest BCUT2D eigenvalue weighted by atomic mass is 127. The summed E-state index contributed by atoms with van der Waals surface area (Å²) in [6, 6.07) is 10.6. The Bertz CT molecular complexity index is 536. The van der Waals surface area contributed by atoms with E-state index in [-0.39, 0.29) is 35.9 Å². The molecule has 6 nitrogen and oxygen atoms in total. The molecule has 0 saturated heterocycles. The molecule has 0 aliphatic carbocycles. The summed E-state index contributed by atoms with van der Waals surface area (Å²) in [7, 11) is 0. The molecule has 1 aromatic carbocycles. The first-order chi connectivity index (χ1) is 12.6. The van der Waals surface area contributed by atoms with E-state index in [1.807, 2.05) is 26.8 Å². The summed E-state index contributed by atoms with van der Waals surface area (Å²) >= 11 is 0. The number of aliphatic imine (C=N–C) groups is 1. The van der Waals surface area contributed by atoms with E-state index in [2.05, 4.69) is 57.0 Å². The molecule has 0 bridgehead atoms. The summed E-state index contributed by atoms with van der Waals surface area (Å²) in [4.78, 5) is 18.6. The van der Waals surface area contributed by atoms with Gasteiger partial charge in [0.15, 0.2) is 5.96 Å². The second kappa shape index (κ2) is 15.5. The summed E-state index contributed by atoms with van der Waals surface area (Å²) in [6.07, 6.45) is 1.42. The third kappa shape index (κ3) is 11.7. The number of nitrogens with zero attached hydrogens (tertiary/aromatic N) is 2. The Morgan fingerprint density at radius 3 is 2.44 bits per heavy atom. The third-order valence-corrected chi connectivity index (χ3v) is 3.80. The van der Waals surface area contributed by atoms with Crippen LogP contribution < -0.4 is 20.9 Å². The van der Waals surface area contributed by atoms with Gasteiger partial charge < -0.3 is 20.9 Å². The Morgan fingerprint density at radius 2 is 1.85 bits per heavy atom. The molecule has 0 spiro atoms. The van der Waals surface area contributed by atoms with Gasteiger partial charge in [-0.15, -0.1) is 24.0 Å². The van der Waals surface area contributed by atoms with Crippen molar-refractivity contribution in [1.82, 2.24) is 16.0 Å². The first-order valence-corrected chi connectivity index (χ1v) is 9.68. The molecule has 0 aliphatic heterocycles. The first-order valence-electron chi connectivity index (χ1n) is 9.68. The summed E-state index contributed by atoms with van der Waals surface area (Å²) in [5.74, 6) is 0.831. The van der Waals surface area contributed by atoms with Crippen molar-refractivity contribution in [1.29, 1.82) is 0 Å². The number of benzene rings is 1. The highest BCUT2D eigenvalue weighted by Crippen LogP contribution is 2.12. The zero-order chi connectivity index (χ0) is 19.2. The van der Waals surface area contributed by atoms with Gasteiger partial charge in [-0.1, -0.05) is 18.2 Å². The molecule has 1 rings (SSSR count). The minimum absolute atomic E-state index is 0. The number of para-hydroxylation sites is 1. The molecule has 154 valence electrons. The Kier molecular flexibility index (Phi) is 14.7. The Hall–Kier alpha value is -1.51. The Morgan fingerprint density at radius 1 is 1.15 bits per heavy atom. The molecule has 7 heteroatoms. The molecule has 0 heterocycles. The van der Waals surface area contributed by atoms with Crippen LogP contribution in [0, 0.1) is 0 Å². The minimum atomic E-state index is 0. The maximum atomic E-state index is 11.7. The van der Waals surface area contributed by atoms with Crippen LogP contribution in [0.25, 0.3) is 0 Å². The van der Waals surface area contributed by atoms with E-state index in [4.69, 9.17) is 0 Å². The van der Waals surface area contributed by atoms with E-state index >= 15 is 0 Å². The van der Waals surface area contributed by atoms with Crippen LogP contribution in [0.2, 0.25) is 0 Å². The van der Waals surface area contributed by atoms with Crippen molar-refractivity contribution in [3.63, 3.8) is 0 Å². The van der Waals surface area contributed by atoms with E-state index in [0.717, 1.165) is 38.6 Å². The molecule has 0 fully saturated rings. The fraction of sp³-hybridized carbons (Fsp3) is 0.600. The van der Waals surface area contributed by atoms with E-state index in [1.54, 1.807) is 0 Å². The third-order valence-electron chi connectivity index (χ3n) is 3.80. The normalized spacial score (nSPS) is 10.9. The summed E-state index contributed by atoms with van der Waals surface area (Å²) < 4.78 is 0. The number of halogens is 1. The monoisotopic (exact) mass is 489 g/mol. The van der Waals surface area contributed by atoms with Crippen LogP contribution in [0.15, 0.2) is 35.3 Å². The molecule has 1 amide bonds. The first kappa shape index (κ1) is 25.5. The number of rotatable bonds is 11. The van der Waals surface area contributed by atoms with Crippen LogP contribution in [-0.2, 0) is 4.79 Å². The van der Waals surface area contributed by atoms with Gasteiger partial charge in [-0.05, 0) is 46.2 Å². The minimum Gasteiger partial charge on any atom is -0.372 e. The van der Waals surface area contributed by atoms with Crippen molar-refractivity contribution in [3.8, 4) is 0 Å². The fourth-order valence-electron chi connectivity index (χ4n) is 2.59. The van der Waals surface area contributed by atoms with Gasteiger partial charge >= 0.3 is 0 Å². The zero-order valence-electron chi connectivity index (χ0n) is 17.1. The predicted octanol–water partition coefficient (Wildman–Crippen LogP) is 2.99. The number of carbonyl (C=O) groups is 1. The lowest BCUT2D eigenvalue weighted by Crippen LogP contribution is -2.40. The molecular weight excluding hydrogens is 453 g/mol. The lowest BCUT2D eigenvalue weighted by atomic mass is 10.2. The van der Waals surface area contributed by atoms with Crippen molar-refractivity contribution in [2.45, 2.75) is 46.6 Å². The molecule has 3 N–H and O–H groups in total. The van der Waals surface area contributed by atoms with Gasteiger partial charge in [0.2, 0.25) is 5.91 Å². The van der Waals surface area contributed by atoms with Crippen LogP contribution in [0.1, 0.15) is 40.5 Å². The van der Waals surface area contributed by atoms with Crippen molar-refractivity contribution < 1.29 is 4.79 Å². The predicted molar refractivity (Wildman–Crippen MR) is 126 cm³/mol. The highest BCUT2D eigenvalue weighted by molar-refractivity contribution is 14.0. The molecule has 0 radical (unpaired) electrons. The van der Waals surface area contributed by atoms with Gasteiger partial charge in [0, 0.05) is 50.9 Å². The van der Waals surface area contributed by atoms with Crippen molar-refractivity contribution in [2.24, 2.45) is 4.99 Å². The SMILES string of the molecule is CCNC(=NCCCN(CC)c1ccccc1)NCCC(=O)NC(C)C.I. The molecule has 1 aromatic rings. The lowest BCUT2D eigenvalue weighted by molar-refractivity contribution is -0.121. The van der Waals surface area contributed by atoms with E-state index in [1.165, 1.54) is 5.69 Å². The lowest BCUT2D eigenvalue weighted by Gasteiger charge is -2.22. The van der Waals surface area contributed by atoms with Crippen LogP contribution in [0.3, 0.4) is 0 Å². The molecule has 0 aliphatic rings. The molecule has 0 aromatic heterocycles. The highest BCUT2D eigenvalue weighted by Gasteiger charge is 2.05. The average Bonchev–Trinajstić information content (AvgIpc) is 2.61. The van der Waals surface area contributed by atoms with Gasteiger partial charge in [0.1, 0.15) is 0 Å². The molecule has 0 saturated carbocycles. The average molecular weight is 489 g/mol. The van der Waals surface area contributed by atoms with Crippen molar-refractivity contribution >= 4 is 41.5 Å². The van der Waals surface area contributed by atoms with Crippen LogP contribution in [0.5, 0.6) is 0 Å². The van der Waals surface area contributed by atoms with Gasteiger partial charge in [0.25, 0.3) is 0 Å². The second-order valence-electron chi connectivity index (χ2n) is 6.43. The number of amides is 1. The van der Waals surface area contributed by atoms with Crippen molar-refractivity contribution in [3.05, 3.63) is 30.3 Å². The van der Waals surface area contributed by atoms with Crippen molar-refractivity contribution in [2.75, 3.05) is 37.6 Å². The number of guanidine groups is 1. The number of nitrogens with one attached hydrogen (secondary N) is 3.